The zero-order chi connectivity index (χ0) is 17.2. The van der Waals surface area contributed by atoms with Crippen LogP contribution in [-0.4, -0.2) is 23.9 Å². The van der Waals surface area contributed by atoms with Crippen LogP contribution in [0, 0.1) is 0 Å². The molecule has 6 nitrogen and oxygen atoms in total. The van der Waals surface area contributed by atoms with Crippen molar-refractivity contribution in [3.8, 4) is 11.5 Å². The third-order valence-corrected chi connectivity index (χ3v) is 4.38. The maximum Gasteiger partial charge on any atom is 0.289 e. The summed E-state index contributed by atoms with van der Waals surface area (Å²) in [6.07, 6.45) is 1.53. The number of benzene rings is 2. The number of hydrazone groups is 1. The van der Waals surface area contributed by atoms with Gasteiger partial charge in [0.05, 0.1) is 11.7 Å². The zero-order valence-corrected chi connectivity index (χ0v) is 14.5. The first-order valence-corrected chi connectivity index (χ1v) is 8.28. The van der Waals surface area contributed by atoms with Crippen molar-refractivity contribution in [2.24, 2.45) is 5.10 Å². The number of halogens is 1. The molecule has 1 aliphatic rings. The molecule has 25 heavy (non-hydrogen) atoms. The zero-order valence-electron chi connectivity index (χ0n) is 12.9. The second-order valence-corrected chi connectivity index (χ2v) is 6.17. The lowest BCUT2D eigenvalue weighted by atomic mass is 10.2. The molecule has 0 fully saturated rings. The number of ether oxygens (including phenoxy) is 2. The van der Waals surface area contributed by atoms with E-state index in [0.717, 1.165) is 20.9 Å². The highest BCUT2D eigenvalue weighted by Crippen LogP contribution is 2.36. The van der Waals surface area contributed by atoms with Gasteiger partial charge in [0.1, 0.15) is 5.69 Å². The van der Waals surface area contributed by atoms with Gasteiger partial charge in [-0.3, -0.25) is 4.79 Å². The SMILES string of the molecule is O=C(N/N=C\c1cc2c(cc1Br)OCO2)c1ccc2ccccc2n1. The molecule has 1 aromatic heterocycles. The highest BCUT2D eigenvalue weighted by atomic mass is 79.9. The van der Waals surface area contributed by atoms with E-state index < -0.39 is 0 Å². The molecule has 4 rings (SSSR count). The van der Waals surface area contributed by atoms with Crippen molar-refractivity contribution >= 4 is 39.0 Å². The van der Waals surface area contributed by atoms with Crippen LogP contribution in [-0.2, 0) is 0 Å². The number of rotatable bonds is 3. The van der Waals surface area contributed by atoms with E-state index in [-0.39, 0.29) is 12.7 Å². The van der Waals surface area contributed by atoms with Crippen LogP contribution >= 0.6 is 15.9 Å². The molecule has 0 unspecified atom stereocenters. The predicted molar refractivity (Wildman–Crippen MR) is 97.1 cm³/mol. The fourth-order valence-corrected chi connectivity index (χ4v) is 2.87. The van der Waals surface area contributed by atoms with Gasteiger partial charge in [0.25, 0.3) is 5.91 Å². The molecule has 7 heteroatoms. The quantitative estimate of drug-likeness (QED) is 0.542. The summed E-state index contributed by atoms with van der Waals surface area (Å²) >= 11 is 3.44. The van der Waals surface area contributed by atoms with Gasteiger partial charge in [0.2, 0.25) is 6.79 Å². The summed E-state index contributed by atoms with van der Waals surface area (Å²) in [7, 11) is 0. The van der Waals surface area contributed by atoms with Crippen LogP contribution < -0.4 is 14.9 Å². The van der Waals surface area contributed by atoms with Gasteiger partial charge in [-0.2, -0.15) is 5.10 Å². The van der Waals surface area contributed by atoms with Crippen molar-refractivity contribution < 1.29 is 14.3 Å². The maximum absolute atomic E-state index is 12.2. The molecule has 1 aliphatic heterocycles. The smallest absolute Gasteiger partial charge is 0.289 e. The highest BCUT2D eigenvalue weighted by Gasteiger charge is 2.15. The van der Waals surface area contributed by atoms with Gasteiger partial charge in [-0.05, 0) is 40.2 Å². The summed E-state index contributed by atoms with van der Waals surface area (Å²) in [6.45, 7) is 0.201. The number of carbonyl (C=O) groups is 1. The molecule has 2 aromatic carbocycles. The lowest BCUT2D eigenvalue weighted by molar-refractivity contribution is 0.0950. The van der Waals surface area contributed by atoms with Crippen LogP contribution in [0.25, 0.3) is 10.9 Å². The standard InChI is InChI=1S/C18H12BrN3O3/c19-13-8-17-16(24-10-25-17)7-12(13)9-20-22-18(23)15-6-5-11-3-1-2-4-14(11)21-15/h1-9H,10H2,(H,22,23)/b20-9-. The number of pyridine rings is 1. The molecule has 0 bridgehead atoms. The Balaban J connectivity index is 1.50. The van der Waals surface area contributed by atoms with Crippen molar-refractivity contribution in [3.63, 3.8) is 0 Å². The summed E-state index contributed by atoms with van der Waals surface area (Å²) in [5.74, 6) is 0.944. The molecule has 0 saturated heterocycles. The second-order valence-electron chi connectivity index (χ2n) is 5.32. The van der Waals surface area contributed by atoms with Crippen LogP contribution in [0.2, 0.25) is 0 Å². The molecule has 0 radical (unpaired) electrons. The Morgan fingerprint density at radius 3 is 2.84 bits per heavy atom. The Morgan fingerprint density at radius 2 is 1.96 bits per heavy atom. The summed E-state index contributed by atoms with van der Waals surface area (Å²) in [5.41, 5.74) is 4.31. The monoisotopic (exact) mass is 397 g/mol. The minimum atomic E-state index is -0.376. The number of nitrogens with one attached hydrogen (secondary N) is 1. The summed E-state index contributed by atoms with van der Waals surface area (Å²) in [4.78, 5) is 16.5. The normalized spacial score (nSPS) is 12.7. The first kappa shape index (κ1) is 15.6. The molecule has 1 N–H and O–H groups in total. The van der Waals surface area contributed by atoms with E-state index in [0.29, 0.717) is 17.2 Å². The second kappa shape index (κ2) is 6.52. The molecule has 124 valence electrons. The topological polar surface area (TPSA) is 72.8 Å². The number of carbonyl (C=O) groups excluding carboxylic acids is 1. The molecule has 0 aliphatic carbocycles. The van der Waals surface area contributed by atoms with Crippen LogP contribution in [0.1, 0.15) is 16.1 Å². The van der Waals surface area contributed by atoms with Crippen molar-refractivity contribution in [1.29, 1.82) is 0 Å². The van der Waals surface area contributed by atoms with E-state index in [1.807, 2.05) is 30.3 Å². The molecule has 0 saturated carbocycles. The maximum atomic E-state index is 12.2. The summed E-state index contributed by atoms with van der Waals surface area (Å²) < 4.78 is 11.4. The van der Waals surface area contributed by atoms with Crippen molar-refractivity contribution in [1.82, 2.24) is 10.4 Å². The lowest BCUT2D eigenvalue weighted by Crippen LogP contribution is -2.19. The molecule has 1 amide bonds. The molecule has 2 heterocycles. The fraction of sp³-hybridized carbons (Fsp3) is 0.0556. The van der Waals surface area contributed by atoms with Crippen LogP contribution in [0.5, 0.6) is 11.5 Å². The molecule has 3 aromatic rings. The van der Waals surface area contributed by atoms with Crippen LogP contribution in [0.15, 0.2) is 58.1 Å². The number of fused-ring (bicyclic) bond motifs is 2. The first-order valence-electron chi connectivity index (χ1n) is 7.49. The predicted octanol–water partition coefficient (Wildman–Crippen LogP) is 3.49. The van der Waals surface area contributed by atoms with Gasteiger partial charge >= 0.3 is 0 Å². The lowest BCUT2D eigenvalue weighted by Gasteiger charge is -2.03. The Hall–Kier alpha value is -2.93. The fourth-order valence-electron chi connectivity index (χ4n) is 2.44. The summed E-state index contributed by atoms with van der Waals surface area (Å²) in [6, 6.07) is 14.7. The van der Waals surface area contributed by atoms with Gasteiger partial charge in [-0.1, -0.05) is 24.3 Å². The van der Waals surface area contributed by atoms with Crippen LogP contribution in [0.3, 0.4) is 0 Å². The average molecular weight is 398 g/mol. The number of hydrogen-bond donors (Lipinski definition) is 1. The number of para-hydroxylation sites is 1. The van der Waals surface area contributed by atoms with Crippen LogP contribution in [0.4, 0.5) is 0 Å². The minimum Gasteiger partial charge on any atom is -0.454 e. The average Bonchev–Trinajstić information content (AvgIpc) is 3.08. The Morgan fingerprint density at radius 1 is 1.16 bits per heavy atom. The van der Waals surface area contributed by atoms with E-state index in [2.05, 4.69) is 31.4 Å². The minimum absolute atomic E-state index is 0.201. The Bertz CT molecular complexity index is 1000. The Labute approximate surface area is 151 Å². The summed E-state index contributed by atoms with van der Waals surface area (Å²) in [5, 5.41) is 4.97. The Kier molecular flexibility index (Phi) is 4.07. The first-order chi connectivity index (χ1) is 12.2. The van der Waals surface area contributed by atoms with E-state index in [1.54, 1.807) is 18.2 Å². The van der Waals surface area contributed by atoms with E-state index in [1.165, 1.54) is 6.21 Å². The number of amides is 1. The third-order valence-electron chi connectivity index (χ3n) is 3.69. The number of nitrogens with zero attached hydrogens (tertiary/aromatic N) is 2. The van der Waals surface area contributed by atoms with Crippen molar-refractivity contribution in [3.05, 3.63) is 64.3 Å². The van der Waals surface area contributed by atoms with Crippen molar-refractivity contribution in [2.75, 3.05) is 6.79 Å². The van der Waals surface area contributed by atoms with Crippen molar-refractivity contribution in [2.45, 2.75) is 0 Å². The van der Waals surface area contributed by atoms with E-state index >= 15 is 0 Å². The van der Waals surface area contributed by atoms with E-state index in [9.17, 15) is 4.79 Å². The highest BCUT2D eigenvalue weighted by molar-refractivity contribution is 9.10. The van der Waals surface area contributed by atoms with E-state index in [4.69, 9.17) is 9.47 Å². The third kappa shape index (κ3) is 3.18. The van der Waals surface area contributed by atoms with Gasteiger partial charge in [-0.25, -0.2) is 10.4 Å². The number of hydrogen-bond acceptors (Lipinski definition) is 5. The molecule has 0 atom stereocenters. The van der Waals surface area contributed by atoms with Gasteiger partial charge in [0.15, 0.2) is 11.5 Å². The number of aromatic nitrogens is 1. The van der Waals surface area contributed by atoms with Gasteiger partial charge in [0, 0.05) is 15.4 Å². The molecular weight excluding hydrogens is 386 g/mol. The van der Waals surface area contributed by atoms with Gasteiger partial charge < -0.3 is 9.47 Å². The largest absolute Gasteiger partial charge is 0.454 e. The van der Waals surface area contributed by atoms with Gasteiger partial charge in [-0.15, -0.1) is 0 Å². The molecule has 0 spiro atoms. The molecular formula is C18H12BrN3O3.